The smallest absolute Gasteiger partial charge is 0.257 e. The first-order chi connectivity index (χ1) is 12.7. The highest BCUT2D eigenvalue weighted by Gasteiger charge is 2.27. The summed E-state index contributed by atoms with van der Waals surface area (Å²) in [5.41, 5.74) is 1.09. The zero-order valence-corrected chi connectivity index (χ0v) is 14.7. The van der Waals surface area contributed by atoms with Crippen molar-refractivity contribution in [3.63, 3.8) is 0 Å². The number of benzene rings is 1. The van der Waals surface area contributed by atoms with Gasteiger partial charge in [-0.05, 0) is 37.1 Å². The van der Waals surface area contributed by atoms with Gasteiger partial charge in [0.15, 0.2) is 5.82 Å². The predicted molar refractivity (Wildman–Crippen MR) is 97.1 cm³/mol. The van der Waals surface area contributed by atoms with Crippen molar-refractivity contribution in [2.24, 2.45) is 0 Å². The number of carbonyl (C=O) groups is 1. The summed E-state index contributed by atoms with van der Waals surface area (Å²) in [4.78, 5) is 23.1. The van der Waals surface area contributed by atoms with Crippen LogP contribution in [0.15, 0.2) is 36.7 Å². The first-order valence-electron chi connectivity index (χ1n) is 8.71. The molecule has 0 saturated carbocycles. The van der Waals surface area contributed by atoms with Crippen LogP contribution in [0.1, 0.15) is 35.7 Å². The van der Waals surface area contributed by atoms with Crippen molar-refractivity contribution in [3.8, 4) is 11.9 Å². The SMILES string of the molecule is CCCOc1nccnc1N1CCC(NC(=O)c2ccc(C#N)cc2)C1. The number of aromatic nitrogens is 2. The maximum Gasteiger partial charge on any atom is 0.257 e. The van der Waals surface area contributed by atoms with E-state index in [1.54, 1.807) is 36.7 Å². The number of ether oxygens (including phenoxy) is 1. The molecule has 0 bridgehead atoms. The lowest BCUT2D eigenvalue weighted by Crippen LogP contribution is -2.37. The zero-order chi connectivity index (χ0) is 18.4. The minimum atomic E-state index is -0.136. The van der Waals surface area contributed by atoms with Crippen LogP contribution in [0.5, 0.6) is 5.88 Å². The summed E-state index contributed by atoms with van der Waals surface area (Å²) in [5, 5.41) is 11.9. The molecule has 1 aliphatic heterocycles. The van der Waals surface area contributed by atoms with E-state index in [1.165, 1.54) is 0 Å². The molecule has 1 aromatic carbocycles. The number of rotatable bonds is 6. The van der Waals surface area contributed by atoms with Gasteiger partial charge in [0.1, 0.15) is 0 Å². The fourth-order valence-corrected chi connectivity index (χ4v) is 2.87. The number of anilines is 1. The van der Waals surface area contributed by atoms with Gasteiger partial charge < -0.3 is 15.0 Å². The van der Waals surface area contributed by atoms with Crippen molar-refractivity contribution >= 4 is 11.7 Å². The van der Waals surface area contributed by atoms with Crippen LogP contribution in [0.3, 0.4) is 0 Å². The Kier molecular flexibility index (Phi) is 5.64. The third-order valence-corrected chi connectivity index (χ3v) is 4.19. The molecule has 134 valence electrons. The van der Waals surface area contributed by atoms with Crippen LogP contribution in [-0.4, -0.2) is 41.6 Å². The molecule has 1 atom stereocenters. The molecule has 1 aromatic heterocycles. The lowest BCUT2D eigenvalue weighted by molar-refractivity contribution is 0.0940. The van der Waals surface area contributed by atoms with E-state index in [9.17, 15) is 4.79 Å². The Morgan fingerprint density at radius 1 is 1.35 bits per heavy atom. The van der Waals surface area contributed by atoms with Crippen LogP contribution in [0.2, 0.25) is 0 Å². The molecule has 0 radical (unpaired) electrons. The van der Waals surface area contributed by atoms with Crippen LogP contribution in [0.25, 0.3) is 0 Å². The van der Waals surface area contributed by atoms with Gasteiger partial charge in [0.25, 0.3) is 11.8 Å². The molecule has 1 N–H and O–H groups in total. The summed E-state index contributed by atoms with van der Waals surface area (Å²) >= 11 is 0. The van der Waals surface area contributed by atoms with Gasteiger partial charge in [0, 0.05) is 37.1 Å². The summed E-state index contributed by atoms with van der Waals surface area (Å²) in [6.07, 6.45) is 5.00. The van der Waals surface area contributed by atoms with Crippen molar-refractivity contribution in [2.45, 2.75) is 25.8 Å². The van der Waals surface area contributed by atoms with E-state index in [2.05, 4.69) is 20.2 Å². The molecule has 7 nitrogen and oxygen atoms in total. The monoisotopic (exact) mass is 351 g/mol. The molecule has 1 amide bonds. The third-order valence-electron chi connectivity index (χ3n) is 4.19. The van der Waals surface area contributed by atoms with Crippen LogP contribution < -0.4 is 15.0 Å². The maximum absolute atomic E-state index is 12.4. The number of hydrogen-bond donors (Lipinski definition) is 1. The standard InChI is InChI=1S/C19H21N5O2/c1-2-11-26-19-17(21-8-9-22-19)24-10-7-16(13-24)23-18(25)15-5-3-14(12-20)4-6-15/h3-6,8-9,16H,2,7,10-11,13H2,1H3,(H,23,25). The molecule has 0 aliphatic carbocycles. The van der Waals surface area contributed by atoms with Crippen LogP contribution in [-0.2, 0) is 0 Å². The number of carbonyl (C=O) groups excluding carboxylic acids is 1. The number of nitriles is 1. The summed E-state index contributed by atoms with van der Waals surface area (Å²) in [7, 11) is 0. The van der Waals surface area contributed by atoms with Crippen molar-refractivity contribution in [2.75, 3.05) is 24.6 Å². The van der Waals surface area contributed by atoms with Gasteiger partial charge in [-0.15, -0.1) is 0 Å². The molecule has 7 heteroatoms. The molecule has 3 rings (SSSR count). The summed E-state index contributed by atoms with van der Waals surface area (Å²) in [6.45, 7) is 4.07. The van der Waals surface area contributed by atoms with Crippen LogP contribution in [0.4, 0.5) is 5.82 Å². The van der Waals surface area contributed by atoms with E-state index < -0.39 is 0 Å². The summed E-state index contributed by atoms with van der Waals surface area (Å²) < 4.78 is 5.68. The molecular formula is C19H21N5O2. The molecule has 2 heterocycles. The number of nitrogens with zero attached hydrogens (tertiary/aromatic N) is 4. The Hall–Kier alpha value is -3.14. The normalized spacial score (nSPS) is 16.2. The molecular weight excluding hydrogens is 330 g/mol. The van der Waals surface area contributed by atoms with E-state index in [0.29, 0.717) is 30.2 Å². The Morgan fingerprint density at radius 3 is 2.85 bits per heavy atom. The molecule has 0 spiro atoms. The minimum absolute atomic E-state index is 0.0270. The zero-order valence-electron chi connectivity index (χ0n) is 14.7. The Labute approximate surface area is 152 Å². The maximum atomic E-state index is 12.4. The summed E-state index contributed by atoms with van der Waals surface area (Å²) in [5.74, 6) is 1.12. The van der Waals surface area contributed by atoms with E-state index >= 15 is 0 Å². The predicted octanol–water partition coefficient (Wildman–Crippen LogP) is 2.15. The number of nitrogens with one attached hydrogen (secondary N) is 1. The largest absolute Gasteiger partial charge is 0.475 e. The van der Waals surface area contributed by atoms with E-state index in [0.717, 1.165) is 25.2 Å². The molecule has 1 unspecified atom stereocenters. The van der Waals surface area contributed by atoms with E-state index in [-0.39, 0.29) is 11.9 Å². The average molecular weight is 351 g/mol. The van der Waals surface area contributed by atoms with Gasteiger partial charge in [-0.25, -0.2) is 9.97 Å². The number of hydrogen-bond acceptors (Lipinski definition) is 6. The van der Waals surface area contributed by atoms with Gasteiger partial charge in [-0.1, -0.05) is 6.92 Å². The van der Waals surface area contributed by atoms with E-state index in [1.807, 2.05) is 13.0 Å². The minimum Gasteiger partial charge on any atom is -0.475 e. The Morgan fingerprint density at radius 2 is 2.12 bits per heavy atom. The fraction of sp³-hybridized carbons (Fsp3) is 0.368. The number of amides is 1. The molecule has 1 saturated heterocycles. The van der Waals surface area contributed by atoms with Crippen molar-refractivity contribution in [1.82, 2.24) is 15.3 Å². The molecule has 26 heavy (non-hydrogen) atoms. The lowest BCUT2D eigenvalue weighted by atomic mass is 10.1. The molecule has 1 fully saturated rings. The van der Waals surface area contributed by atoms with Crippen molar-refractivity contribution in [3.05, 3.63) is 47.8 Å². The van der Waals surface area contributed by atoms with Crippen molar-refractivity contribution < 1.29 is 9.53 Å². The topological polar surface area (TPSA) is 91.1 Å². The Balaban J connectivity index is 1.62. The first kappa shape index (κ1) is 17.7. The highest BCUT2D eigenvalue weighted by atomic mass is 16.5. The third kappa shape index (κ3) is 4.09. The van der Waals surface area contributed by atoms with Gasteiger partial charge in [-0.2, -0.15) is 5.26 Å². The second-order valence-electron chi connectivity index (χ2n) is 6.13. The van der Waals surface area contributed by atoms with Gasteiger partial charge in [0.2, 0.25) is 0 Å². The Bertz CT molecular complexity index is 800. The quantitative estimate of drug-likeness (QED) is 0.857. The molecule has 1 aliphatic rings. The highest BCUT2D eigenvalue weighted by molar-refractivity contribution is 5.94. The second kappa shape index (κ2) is 8.30. The second-order valence-corrected chi connectivity index (χ2v) is 6.13. The molecule has 2 aromatic rings. The highest BCUT2D eigenvalue weighted by Crippen LogP contribution is 2.26. The fourth-order valence-electron chi connectivity index (χ4n) is 2.87. The van der Waals surface area contributed by atoms with Gasteiger partial charge in [-0.3, -0.25) is 4.79 Å². The van der Waals surface area contributed by atoms with E-state index in [4.69, 9.17) is 10.00 Å². The van der Waals surface area contributed by atoms with Crippen LogP contribution >= 0.6 is 0 Å². The van der Waals surface area contributed by atoms with Gasteiger partial charge in [0.05, 0.1) is 18.2 Å². The van der Waals surface area contributed by atoms with Crippen LogP contribution in [0, 0.1) is 11.3 Å². The first-order valence-corrected chi connectivity index (χ1v) is 8.71. The summed E-state index contributed by atoms with van der Waals surface area (Å²) in [6, 6.07) is 8.70. The lowest BCUT2D eigenvalue weighted by Gasteiger charge is -2.20. The van der Waals surface area contributed by atoms with Crippen molar-refractivity contribution in [1.29, 1.82) is 5.26 Å². The van der Waals surface area contributed by atoms with Gasteiger partial charge >= 0.3 is 0 Å². The average Bonchev–Trinajstić information content (AvgIpc) is 3.15.